The lowest BCUT2D eigenvalue weighted by Gasteiger charge is -2.06. The van der Waals surface area contributed by atoms with Crippen molar-refractivity contribution in [1.82, 2.24) is 4.98 Å². The van der Waals surface area contributed by atoms with Crippen LogP contribution in [-0.4, -0.2) is 17.0 Å². The van der Waals surface area contributed by atoms with Crippen LogP contribution in [0.15, 0.2) is 47.8 Å². The smallest absolute Gasteiger partial charge is 0.271 e. The van der Waals surface area contributed by atoms with Crippen LogP contribution in [0.2, 0.25) is 5.02 Å². The predicted molar refractivity (Wildman–Crippen MR) is 96.5 cm³/mol. The van der Waals surface area contributed by atoms with Gasteiger partial charge < -0.3 is 9.47 Å². The number of hydrogen-bond acceptors (Lipinski definition) is 6. The SMILES string of the molecule is COc1cccc(-c2nc(COc3ccc([N+](=O)[O-])cc3Cl)cs2)c1. The molecule has 0 fully saturated rings. The number of aromatic nitrogens is 1. The standard InChI is InChI=1S/C17H13ClN2O4S/c1-23-14-4-2-3-11(7-14)17-19-12(10-25-17)9-24-16-6-5-13(20(21)22)8-15(16)18/h2-8,10H,9H2,1H3. The van der Waals surface area contributed by atoms with E-state index in [9.17, 15) is 10.1 Å². The van der Waals surface area contributed by atoms with Crippen LogP contribution in [0.1, 0.15) is 5.69 Å². The molecular weight excluding hydrogens is 364 g/mol. The van der Waals surface area contributed by atoms with E-state index in [0.717, 1.165) is 22.0 Å². The Labute approximate surface area is 152 Å². The van der Waals surface area contributed by atoms with Gasteiger partial charge in [-0.05, 0) is 18.2 Å². The maximum atomic E-state index is 10.7. The van der Waals surface area contributed by atoms with Gasteiger partial charge in [0.2, 0.25) is 0 Å². The molecule has 128 valence electrons. The number of nitro groups is 1. The van der Waals surface area contributed by atoms with Crippen LogP contribution >= 0.6 is 22.9 Å². The highest BCUT2D eigenvalue weighted by molar-refractivity contribution is 7.13. The molecule has 6 nitrogen and oxygen atoms in total. The Balaban J connectivity index is 1.70. The number of methoxy groups -OCH3 is 1. The maximum Gasteiger partial charge on any atom is 0.271 e. The Kier molecular flexibility index (Phi) is 5.16. The Morgan fingerprint density at radius 1 is 1.28 bits per heavy atom. The van der Waals surface area contributed by atoms with E-state index in [-0.39, 0.29) is 17.3 Å². The summed E-state index contributed by atoms with van der Waals surface area (Å²) >= 11 is 7.51. The van der Waals surface area contributed by atoms with Crippen molar-refractivity contribution in [2.24, 2.45) is 0 Å². The molecule has 1 heterocycles. The molecule has 1 aromatic heterocycles. The van der Waals surface area contributed by atoms with Gasteiger partial charge in [0.15, 0.2) is 0 Å². The Morgan fingerprint density at radius 2 is 2.12 bits per heavy atom. The van der Waals surface area contributed by atoms with E-state index in [0.29, 0.717) is 5.75 Å². The molecule has 25 heavy (non-hydrogen) atoms. The quantitative estimate of drug-likeness (QED) is 0.449. The largest absolute Gasteiger partial charge is 0.497 e. The van der Waals surface area contributed by atoms with Crippen molar-refractivity contribution < 1.29 is 14.4 Å². The fourth-order valence-electron chi connectivity index (χ4n) is 2.13. The third-order valence-corrected chi connectivity index (χ3v) is 4.61. The van der Waals surface area contributed by atoms with Crippen LogP contribution in [0.25, 0.3) is 10.6 Å². The molecule has 0 unspecified atom stereocenters. The first-order valence-corrected chi connectivity index (χ1v) is 8.48. The van der Waals surface area contributed by atoms with Gasteiger partial charge in [0, 0.05) is 23.1 Å². The van der Waals surface area contributed by atoms with Crippen molar-refractivity contribution in [3.8, 4) is 22.1 Å². The zero-order valence-electron chi connectivity index (χ0n) is 13.1. The second-order valence-electron chi connectivity index (χ2n) is 5.04. The molecule has 8 heteroatoms. The second kappa shape index (κ2) is 7.50. The van der Waals surface area contributed by atoms with Crippen molar-refractivity contribution in [2.75, 3.05) is 7.11 Å². The van der Waals surface area contributed by atoms with Crippen LogP contribution in [-0.2, 0) is 6.61 Å². The number of benzene rings is 2. The molecule has 0 amide bonds. The third kappa shape index (κ3) is 4.07. The molecule has 0 atom stereocenters. The molecule has 0 spiro atoms. The monoisotopic (exact) mass is 376 g/mol. The fourth-order valence-corrected chi connectivity index (χ4v) is 3.16. The highest BCUT2D eigenvalue weighted by Crippen LogP contribution is 2.30. The molecule has 3 aromatic rings. The van der Waals surface area contributed by atoms with Gasteiger partial charge in [0.05, 0.1) is 22.7 Å². The van der Waals surface area contributed by atoms with E-state index >= 15 is 0 Å². The molecule has 0 N–H and O–H groups in total. The van der Waals surface area contributed by atoms with Crippen LogP contribution < -0.4 is 9.47 Å². The molecule has 0 bridgehead atoms. The summed E-state index contributed by atoms with van der Waals surface area (Å²) in [5.74, 6) is 1.14. The van der Waals surface area contributed by atoms with Gasteiger partial charge in [-0.25, -0.2) is 4.98 Å². The van der Waals surface area contributed by atoms with Gasteiger partial charge in [-0.1, -0.05) is 23.7 Å². The van der Waals surface area contributed by atoms with E-state index in [2.05, 4.69) is 4.98 Å². The van der Waals surface area contributed by atoms with Crippen molar-refractivity contribution in [1.29, 1.82) is 0 Å². The third-order valence-electron chi connectivity index (χ3n) is 3.37. The number of non-ortho nitro benzene ring substituents is 1. The summed E-state index contributed by atoms with van der Waals surface area (Å²) in [5.41, 5.74) is 1.63. The maximum absolute atomic E-state index is 10.7. The summed E-state index contributed by atoms with van der Waals surface area (Å²) in [6, 6.07) is 11.7. The molecule has 0 aliphatic heterocycles. The molecular formula is C17H13ClN2O4S. The number of ether oxygens (including phenoxy) is 2. The average molecular weight is 377 g/mol. The van der Waals surface area contributed by atoms with Crippen molar-refractivity contribution in [3.63, 3.8) is 0 Å². The Morgan fingerprint density at radius 3 is 2.84 bits per heavy atom. The molecule has 2 aromatic carbocycles. The number of halogens is 1. The van der Waals surface area contributed by atoms with Crippen LogP contribution in [0.5, 0.6) is 11.5 Å². The Bertz CT molecular complexity index is 913. The topological polar surface area (TPSA) is 74.5 Å². The van der Waals surface area contributed by atoms with E-state index in [1.807, 2.05) is 29.6 Å². The zero-order valence-corrected chi connectivity index (χ0v) is 14.7. The molecule has 0 aliphatic rings. The minimum Gasteiger partial charge on any atom is -0.497 e. The predicted octanol–water partition coefficient (Wildman–Crippen LogP) is 4.96. The first-order valence-electron chi connectivity index (χ1n) is 7.22. The van der Waals surface area contributed by atoms with E-state index in [4.69, 9.17) is 21.1 Å². The number of thiazole rings is 1. The van der Waals surface area contributed by atoms with Gasteiger partial charge in [-0.3, -0.25) is 10.1 Å². The lowest BCUT2D eigenvalue weighted by Crippen LogP contribution is -1.97. The van der Waals surface area contributed by atoms with Crippen LogP contribution in [0.4, 0.5) is 5.69 Å². The van der Waals surface area contributed by atoms with Gasteiger partial charge in [-0.2, -0.15) is 0 Å². The molecule has 0 saturated carbocycles. The fraction of sp³-hybridized carbons (Fsp3) is 0.118. The van der Waals surface area contributed by atoms with Gasteiger partial charge in [0.1, 0.15) is 23.1 Å². The van der Waals surface area contributed by atoms with Crippen molar-refractivity contribution in [2.45, 2.75) is 6.61 Å². The van der Waals surface area contributed by atoms with Crippen molar-refractivity contribution >= 4 is 28.6 Å². The van der Waals surface area contributed by atoms with Crippen LogP contribution in [0.3, 0.4) is 0 Å². The van der Waals surface area contributed by atoms with Gasteiger partial charge in [-0.15, -0.1) is 11.3 Å². The normalized spacial score (nSPS) is 10.5. The summed E-state index contributed by atoms with van der Waals surface area (Å²) in [6.07, 6.45) is 0. The molecule has 0 aliphatic carbocycles. The average Bonchev–Trinajstić information content (AvgIpc) is 3.09. The lowest BCUT2D eigenvalue weighted by atomic mass is 10.2. The summed E-state index contributed by atoms with van der Waals surface area (Å²) in [4.78, 5) is 14.7. The van der Waals surface area contributed by atoms with E-state index in [1.165, 1.54) is 29.5 Å². The lowest BCUT2D eigenvalue weighted by molar-refractivity contribution is -0.384. The highest BCUT2D eigenvalue weighted by Gasteiger charge is 2.11. The first-order chi connectivity index (χ1) is 12.1. The van der Waals surface area contributed by atoms with E-state index in [1.54, 1.807) is 7.11 Å². The summed E-state index contributed by atoms with van der Waals surface area (Å²) in [6.45, 7) is 0.220. The highest BCUT2D eigenvalue weighted by atomic mass is 35.5. The summed E-state index contributed by atoms with van der Waals surface area (Å²) in [5, 5.41) is 13.7. The molecule has 3 rings (SSSR count). The van der Waals surface area contributed by atoms with Gasteiger partial charge in [0.25, 0.3) is 5.69 Å². The number of hydrogen-bond donors (Lipinski definition) is 0. The number of nitro benzene ring substituents is 1. The first kappa shape index (κ1) is 17.2. The zero-order chi connectivity index (χ0) is 17.8. The number of rotatable bonds is 6. The van der Waals surface area contributed by atoms with E-state index < -0.39 is 4.92 Å². The minimum atomic E-state index is -0.503. The van der Waals surface area contributed by atoms with Gasteiger partial charge >= 0.3 is 0 Å². The summed E-state index contributed by atoms with van der Waals surface area (Å²) in [7, 11) is 1.62. The molecule has 0 saturated heterocycles. The van der Waals surface area contributed by atoms with Crippen molar-refractivity contribution in [3.05, 3.63) is 68.7 Å². The minimum absolute atomic E-state index is 0.0775. The second-order valence-corrected chi connectivity index (χ2v) is 6.30. The Hall–Kier alpha value is -2.64. The number of nitrogens with zero attached hydrogens (tertiary/aromatic N) is 2. The van der Waals surface area contributed by atoms with Crippen LogP contribution in [0, 0.1) is 10.1 Å². The summed E-state index contributed by atoms with van der Waals surface area (Å²) < 4.78 is 10.8. The molecule has 0 radical (unpaired) electrons.